The molecule has 0 radical (unpaired) electrons. The first-order chi connectivity index (χ1) is 9.83. The minimum Gasteiger partial charge on any atom is -0.372 e. The maximum atomic E-state index is 12.1. The fourth-order valence-electron chi connectivity index (χ4n) is 2.83. The highest BCUT2D eigenvalue weighted by molar-refractivity contribution is 5.95. The number of likely N-dealkylation sites (tertiary alicyclic amines) is 1. The van der Waals surface area contributed by atoms with Crippen molar-refractivity contribution in [3.63, 3.8) is 0 Å². The molecule has 20 heavy (non-hydrogen) atoms. The Hall–Kier alpha value is -1.59. The molecule has 0 atom stereocenters. The zero-order valence-corrected chi connectivity index (χ0v) is 11.7. The van der Waals surface area contributed by atoms with Gasteiger partial charge in [-0.25, -0.2) is 0 Å². The summed E-state index contributed by atoms with van der Waals surface area (Å²) in [5.74, 6) is 0.0207. The zero-order chi connectivity index (χ0) is 13.8. The number of hydrogen-bond donors (Lipinski definition) is 3. The van der Waals surface area contributed by atoms with E-state index in [4.69, 9.17) is 0 Å². The highest BCUT2D eigenvalue weighted by atomic mass is 16.1. The molecule has 5 heteroatoms. The lowest BCUT2D eigenvalue weighted by Crippen LogP contribution is -2.33. The Balaban J connectivity index is 1.53. The van der Waals surface area contributed by atoms with E-state index in [0.29, 0.717) is 0 Å². The quantitative estimate of drug-likeness (QED) is 0.766. The molecular formula is C15H22N4O. The number of fused-ring (bicyclic) bond motifs is 1. The third kappa shape index (κ3) is 3.11. The minimum atomic E-state index is 0.0207. The van der Waals surface area contributed by atoms with Gasteiger partial charge in [0.2, 0.25) is 0 Å². The third-order valence-corrected chi connectivity index (χ3v) is 4.00. The summed E-state index contributed by atoms with van der Waals surface area (Å²) in [6.45, 7) is 5.65. The summed E-state index contributed by atoms with van der Waals surface area (Å²) in [6.07, 6.45) is 2.58. The van der Waals surface area contributed by atoms with Crippen LogP contribution in [0, 0.1) is 0 Å². The average Bonchev–Trinajstić information content (AvgIpc) is 3.00. The van der Waals surface area contributed by atoms with E-state index < -0.39 is 0 Å². The van der Waals surface area contributed by atoms with Gasteiger partial charge in [-0.2, -0.15) is 0 Å². The van der Waals surface area contributed by atoms with Gasteiger partial charge in [0, 0.05) is 30.9 Å². The predicted octanol–water partition coefficient (Wildman–Crippen LogP) is 0.985. The Bertz CT molecular complexity index is 483. The molecule has 1 aromatic rings. The Morgan fingerprint density at radius 3 is 3.00 bits per heavy atom. The summed E-state index contributed by atoms with van der Waals surface area (Å²) in [5.41, 5.74) is 3.01. The van der Waals surface area contributed by atoms with Crippen LogP contribution >= 0.6 is 0 Å². The second-order valence-electron chi connectivity index (χ2n) is 5.46. The van der Waals surface area contributed by atoms with Gasteiger partial charge in [0.25, 0.3) is 5.91 Å². The molecule has 5 nitrogen and oxygen atoms in total. The van der Waals surface area contributed by atoms with E-state index in [1.807, 2.05) is 18.2 Å². The molecule has 2 aliphatic rings. The molecule has 1 saturated heterocycles. The highest BCUT2D eigenvalue weighted by Gasteiger charge is 2.13. The predicted molar refractivity (Wildman–Crippen MR) is 79.8 cm³/mol. The average molecular weight is 274 g/mol. The van der Waals surface area contributed by atoms with E-state index in [-0.39, 0.29) is 5.91 Å². The van der Waals surface area contributed by atoms with Crippen molar-refractivity contribution in [2.45, 2.75) is 19.4 Å². The normalized spacial score (nSPS) is 18.4. The smallest absolute Gasteiger partial charge is 0.251 e. The van der Waals surface area contributed by atoms with Gasteiger partial charge in [0.15, 0.2) is 0 Å². The van der Waals surface area contributed by atoms with Crippen molar-refractivity contribution in [3.05, 3.63) is 29.3 Å². The van der Waals surface area contributed by atoms with E-state index in [1.165, 1.54) is 31.5 Å². The van der Waals surface area contributed by atoms with Crippen molar-refractivity contribution < 1.29 is 4.79 Å². The summed E-state index contributed by atoms with van der Waals surface area (Å²) in [4.78, 5) is 14.5. The fraction of sp³-hybridized carbons (Fsp3) is 0.533. The van der Waals surface area contributed by atoms with Crippen molar-refractivity contribution >= 4 is 11.6 Å². The molecule has 0 bridgehead atoms. The van der Waals surface area contributed by atoms with Crippen LogP contribution in [0.15, 0.2) is 18.2 Å². The van der Waals surface area contributed by atoms with Crippen LogP contribution in [-0.2, 0) is 6.54 Å². The number of carbonyl (C=O) groups excluding carboxylic acids is 1. The van der Waals surface area contributed by atoms with Crippen LogP contribution in [0.25, 0.3) is 0 Å². The Morgan fingerprint density at radius 2 is 2.15 bits per heavy atom. The van der Waals surface area contributed by atoms with E-state index in [0.717, 1.165) is 37.6 Å². The molecule has 1 fully saturated rings. The molecule has 108 valence electrons. The fourth-order valence-corrected chi connectivity index (χ4v) is 2.83. The molecular weight excluding hydrogens is 252 g/mol. The van der Waals surface area contributed by atoms with Gasteiger partial charge < -0.3 is 15.5 Å². The van der Waals surface area contributed by atoms with Crippen molar-refractivity contribution in [1.82, 2.24) is 15.5 Å². The lowest BCUT2D eigenvalue weighted by atomic mass is 10.1. The molecule has 0 aromatic heterocycles. The number of rotatable bonds is 4. The lowest BCUT2D eigenvalue weighted by Gasteiger charge is -2.20. The van der Waals surface area contributed by atoms with Crippen molar-refractivity contribution in [1.29, 1.82) is 0 Å². The van der Waals surface area contributed by atoms with Crippen molar-refractivity contribution in [2.75, 3.05) is 38.2 Å². The first-order valence-electron chi connectivity index (χ1n) is 7.41. The maximum absolute atomic E-state index is 12.1. The zero-order valence-electron chi connectivity index (χ0n) is 11.7. The summed E-state index contributed by atoms with van der Waals surface area (Å²) in [5, 5.41) is 9.51. The number of nitrogens with one attached hydrogen (secondary N) is 3. The second-order valence-corrected chi connectivity index (χ2v) is 5.46. The van der Waals surface area contributed by atoms with E-state index in [1.54, 1.807) is 0 Å². The minimum absolute atomic E-state index is 0.0207. The number of nitrogens with zero attached hydrogens (tertiary/aromatic N) is 1. The SMILES string of the molecule is O=C(NCCN1CCCC1)c1ccc2c(c1)NCNC2. The molecule has 0 saturated carbocycles. The van der Waals surface area contributed by atoms with Gasteiger partial charge in [-0.15, -0.1) is 0 Å². The van der Waals surface area contributed by atoms with E-state index in [9.17, 15) is 4.79 Å². The van der Waals surface area contributed by atoms with Crippen LogP contribution < -0.4 is 16.0 Å². The lowest BCUT2D eigenvalue weighted by molar-refractivity contribution is 0.0950. The molecule has 0 spiro atoms. The summed E-state index contributed by atoms with van der Waals surface area (Å²) in [6, 6.07) is 5.87. The van der Waals surface area contributed by atoms with E-state index in [2.05, 4.69) is 20.9 Å². The van der Waals surface area contributed by atoms with Crippen LogP contribution in [0.3, 0.4) is 0 Å². The summed E-state index contributed by atoms with van der Waals surface area (Å²) in [7, 11) is 0. The largest absolute Gasteiger partial charge is 0.372 e. The monoisotopic (exact) mass is 274 g/mol. The number of anilines is 1. The second kappa shape index (κ2) is 6.24. The summed E-state index contributed by atoms with van der Waals surface area (Å²) >= 11 is 0. The van der Waals surface area contributed by atoms with Gasteiger partial charge in [-0.1, -0.05) is 6.07 Å². The topological polar surface area (TPSA) is 56.4 Å². The number of amides is 1. The number of carbonyl (C=O) groups is 1. The molecule has 2 aliphatic heterocycles. The van der Waals surface area contributed by atoms with Gasteiger partial charge in [-0.3, -0.25) is 10.1 Å². The Morgan fingerprint density at radius 1 is 1.30 bits per heavy atom. The van der Waals surface area contributed by atoms with Gasteiger partial charge >= 0.3 is 0 Å². The van der Waals surface area contributed by atoms with Gasteiger partial charge in [0.1, 0.15) is 0 Å². The van der Waals surface area contributed by atoms with Crippen LogP contribution in [-0.4, -0.2) is 43.7 Å². The number of hydrogen-bond acceptors (Lipinski definition) is 4. The molecule has 0 aliphatic carbocycles. The third-order valence-electron chi connectivity index (χ3n) is 4.00. The molecule has 0 unspecified atom stereocenters. The molecule has 3 N–H and O–H groups in total. The van der Waals surface area contributed by atoms with Gasteiger partial charge in [-0.05, 0) is 43.6 Å². The highest BCUT2D eigenvalue weighted by Crippen LogP contribution is 2.19. The van der Waals surface area contributed by atoms with Crippen LogP contribution in [0.4, 0.5) is 5.69 Å². The van der Waals surface area contributed by atoms with Gasteiger partial charge in [0.05, 0.1) is 6.67 Å². The first kappa shape index (κ1) is 13.4. The molecule has 3 rings (SSSR count). The summed E-state index contributed by atoms with van der Waals surface area (Å²) < 4.78 is 0. The van der Waals surface area contributed by atoms with Crippen molar-refractivity contribution in [2.24, 2.45) is 0 Å². The van der Waals surface area contributed by atoms with Crippen LogP contribution in [0.1, 0.15) is 28.8 Å². The molecule has 1 amide bonds. The maximum Gasteiger partial charge on any atom is 0.251 e. The molecule has 1 aromatic carbocycles. The molecule has 2 heterocycles. The Kier molecular flexibility index (Phi) is 4.18. The van der Waals surface area contributed by atoms with Crippen LogP contribution in [0.5, 0.6) is 0 Å². The van der Waals surface area contributed by atoms with E-state index >= 15 is 0 Å². The Labute approximate surface area is 119 Å². The van der Waals surface area contributed by atoms with Crippen LogP contribution in [0.2, 0.25) is 0 Å². The first-order valence-corrected chi connectivity index (χ1v) is 7.41. The standard InChI is InChI=1S/C15H22N4O/c20-15(17-5-8-19-6-1-2-7-19)12-3-4-13-10-16-11-18-14(13)9-12/h3-4,9,16,18H,1-2,5-8,10-11H2,(H,17,20). The van der Waals surface area contributed by atoms with Crippen molar-refractivity contribution in [3.8, 4) is 0 Å². The number of benzene rings is 1.